The SMILES string of the molecule is CCC(CC)CNC(CC)(CN)C1CC1. The van der Waals surface area contributed by atoms with Gasteiger partial charge in [0, 0.05) is 12.1 Å². The minimum atomic E-state index is 0.253. The first-order chi connectivity index (χ1) is 7.22. The summed E-state index contributed by atoms with van der Waals surface area (Å²) in [5.41, 5.74) is 6.22. The molecule has 0 radical (unpaired) electrons. The van der Waals surface area contributed by atoms with Gasteiger partial charge in [0.15, 0.2) is 0 Å². The summed E-state index contributed by atoms with van der Waals surface area (Å²) < 4.78 is 0. The van der Waals surface area contributed by atoms with E-state index in [4.69, 9.17) is 5.73 Å². The molecular formula is C13H28N2. The monoisotopic (exact) mass is 212 g/mol. The molecule has 90 valence electrons. The lowest BCUT2D eigenvalue weighted by molar-refractivity contribution is 0.256. The normalized spacial score (nSPS) is 20.6. The Morgan fingerprint density at radius 2 is 1.87 bits per heavy atom. The van der Waals surface area contributed by atoms with E-state index in [0.717, 1.165) is 24.9 Å². The lowest BCUT2D eigenvalue weighted by Crippen LogP contribution is -2.54. The number of nitrogens with one attached hydrogen (secondary N) is 1. The molecule has 1 atom stereocenters. The molecule has 2 nitrogen and oxygen atoms in total. The Balaban J connectivity index is 2.43. The fourth-order valence-corrected chi connectivity index (χ4v) is 2.50. The van der Waals surface area contributed by atoms with Crippen LogP contribution in [-0.2, 0) is 0 Å². The van der Waals surface area contributed by atoms with Crippen LogP contribution in [0.2, 0.25) is 0 Å². The molecular weight excluding hydrogens is 184 g/mol. The number of hydrogen-bond donors (Lipinski definition) is 2. The molecule has 0 amide bonds. The average Bonchev–Trinajstić information content (AvgIpc) is 3.10. The maximum absolute atomic E-state index is 5.97. The standard InChI is InChI=1S/C13H28N2/c1-4-11(5-2)9-15-13(6-3,10-14)12-7-8-12/h11-12,15H,4-10,14H2,1-3H3. The molecule has 1 fully saturated rings. The van der Waals surface area contributed by atoms with Crippen molar-refractivity contribution in [3.8, 4) is 0 Å². The molecule has 1 unspecified atom stereocenters. The smallest absolute Gasteiger partial charge is 0.0329 e. The number of hydrogen-bond acceptors (Lipinski definition) is 2. The van der Waals surface area contributed by atoms with Crippen molar-refractivity contribution in [1.82, 2.24) is 5.32 Å². The summed E-state index contributed by atoms with van der Waals surface area (Å²) in [6.45, 7) is 8.78. The number of nitrogens with two attached hydrogens (primary N) is 1. The lowest BCUT2D eigenvalue weighted by Gasteiger charge is -2.34. The van der Waals surface area contributed by atoms with E-state index in [1.165, 1.54) is 32.1 Å². The summed E-state index contributed by atoms with van der Waals surface area (Å²) in [7, 11) is 0. The average molecular weight is 212 g/mol. The second-order valence-corrected chi connectivity index (χ2v) is 5.05. The molecule has 0 heterocycles. The fraction of sp³-hybridized carbons (Fsp3) is 1.00. The minimum Gasteiger partial charge on any atom is -0.329 e. The summed E-state index contributed by atoms with van der Waals surface area (Å²) in [4.78, 5) is 0. The van der Waals surface area contributed by atoms with Gasteiger partial charge in [-0.2, -0.15) is 0 Å². The van der Waals surface area contributed by atoms with E-state index in [2.05, 4.69) is 26.1 Å². The third-order valence-electron chi connectivity index (χ3n) is 4.25. The van der Waals surface area contributed by atoms with Crippen LogP contribution in [0.5, 0.6) is 0 Å². The third-order valence-corrected chi connectivity index (χ3v) is 4.25. The maximum Gasteiger partial charge on any atom is 0.0329 e. The molecule has 1 rings (SSSR count). The van der Waals surface area contributed by atoms with Gasteiger partial charge in [-0.25, -0.2) is 0 Å². The topological polar surface area (TPSA) is 38.0 Å². The highest BCUT2D eigenvalue weighted by molar-refractivity contribution is 5.01. The molecule has 3 N–H and O–H groups in total. The highest BCUT2D eigenvalue weighted by atomic mass is 15.0. The molecule has 0 spiro atoms. The van der Waals surface area contributed by atoms with Crippen LogP contribution in [0.15, 0.2) is 0 Å². The lowest BCUT2D eigenvalue weighted by atomic mass is 9.89. The summed E-state index contributed by atoms with van der Waals surface area (Å²) in [5.74, 6) is 1.67. The molecule has 0 aliphatic heterocycles. The van der Waals surface area contributed by atoms with Crippen LogP contribution in [0, 0.1) is 11.8 Å². The van der Waals surface area contributed by atoms with E-state index >= 15 is 0 Å². The molecule has 1 aliphatic rings. The molecule has 1 saturated carbocycles. The Kier molecular flexibility index (Phi) is 5.07. The van der Waals surface area contributed by atoms with Crippen LogP contribution in [0.1, 0.15) is 52.9 Å². The predicted octanol–water partition coefficient (Wildman–Crippen LogP) is 2.53. The molecule has 0 aromatic heterocycles. The Labute approximate surface area is 95.0 Å². The van der Waals surface area contributed by atoms with Crippen molar-refractivity contribution in [3.63, 3.8) is 0 Å². The first-order valence-electron chi connectivity index (χ1n) is 6.67. The summed E-state index contributed by atoms with van der Waals surface area (Å²) in [6, 6.07) is 0. The van der Waals surface area contributed by atoms with E-state index in [1.54, 1.807) is 0 Å². The maximum atomic E-state index is 5.97. The van der Waals surface area contributed by atoms with E-state index in [-0.39, 0.29) is 5.54 Å². The third kappa shape index (κ3) is 3.18. The summed E-state index contributed by atoms with van der Waals surface area (Å²) in [5, 5.41) is 3.77. The number of rotatable bonds is 8. The summed E-state index contributed by atoms with van der Waals surface area (Å²) in [6.07, 6.45) is 6.48. The molecule has 0 aromatic rings. The second-order valence-electron chi connectivity index (χ2n) is 5.05. The minimum absolute atomic E-state index is 0.253. The first-order valence-corrected chi connectivity index (χ1v) is 6.67. The molecule has 0 bridgehead atoms. The second kappa shape index (κ2) is 5.86. The van der Waals surface area contributed by atoms with Gasteiger partial charge in [0.25, 0.3) is 0 Å². The highest BCUT2D eigenvalue weighted by Gasteiger charge is 2.42. The van der Waals surface area contributed by atoms with Crippen LogP contribution in [0.4, 0.5) is 0 Å². The predicted molar refractivity (Wildman–Crippen MR) is 66.9 cm³/mol. The van der Waals surface area contributed by atoms with E-state index in [0.29, 0.717) is 0 Å². The van der Waals surface area contributed by atoms with Crippen LogP contribution in [0.25, 0.3) is 0 Å². The molecule has 0 aromatic carbocycles. The van der Waals surface area contributed by atoms with Crippen molar-refractivity contribution in [3.05, 3.63) is 0 Å². The van der Waals surface area contributed by atoms with Gasteiger partial charge in [-0.15, -0.1) is 0 Å². The van der Waals surface area contributed by atoms with Gasteiger partial charge in [-0.3, -0.25) is 0 Å². The van der Waals surface area contributed by atoms with Crippen molar-refractivity contribution in [1.29, 1.82) is 0 Å². The van der Waals surface area contributed by atoms with Crippen LogP contribution < -0.4 is 11.1 Å². The molecule has 0 saturated heterocycles. The van der Waals surface area contributed by atoms with Gasteiger partial charge in [0.05, 0.1) is 0 Å². The van der Waals surface area contributed by atoms with Crippen LogP contribution in [0.3, 0.4) is 0 Å². The summed E-state index contributed by atoms with van der Waals surface area (Å²) >= 11 is 0. The Morgan fingerprint density at radius 3 is 2.20 bits per heavy atom. The van der Waals surface area contributed by atoms with Crippen molar-refractivity contribution < 1.29 is 0 Å². The van der Waals surface area contributed by atoms with Gasteiger partial charge in [-0.1, -0.05) is 33.6 Å². The molecule has 15 heavy (non-hydrogen) atoms. The van der Waals surface area contributed by atoms with E-state index in [1.807, 2.05) is 0 Å². The quantitative estimate of drug-likeness (QED) is 0.649. The van der Waals surface area contributed by atoms with E-state index in [9.17, 15) is 0 Å². The van der Waals surface area contributed by atoms with Gasteiger partial charge < -0.3 is 11.1 Å². The van der Waals surface area contributed by atoms with Crippen LogP contribution >= 0.6 is 0 Å². The largest absolute Gasteiger partial charge is 0.329 e. The zero-order valence-electron chi connectivity index (χ0n) is 10.7. The Morgan fingerprint density at radius 1 is 1.27 bits per heavy atom. The van der Waals surface area contributed by atoms with Crippen molar-refractivity contribution in [2.45, 2.75) is 58.4 Å². The van der Waals surface area contributed by atoms with Gasteiger partial charge in [0.1, 0.15) is 0 Å². The Bertz CT molecular complexity index is 167. The Hall–Kier alpha value is -0.0800. The zero-order chi connectivity index (χ0) is 11.3. The fourth-order valence-electron chi connectivity index (χ4n) is 2.50. The molecule has 1 aliphatic carbocycles. The van der Waals surface area contributed by atoms with Crippen molar-refractivity contribution in [2.75, 3.05) is 13.1 Å². The van der Waals surface area contributed by atoms with Crippen LogP contribution in [-0.4, -0.2) is 18.6 Å². The van der Waals surface area contributed by atoms with Gasteiger partial charge >= 0.3 is 0 Å². The zero-order valence-corrected chi connectivity index (χ0v) is 10.7. The molecule has 2 heteroatoms. The van der Waals surface area contributed by atoms with Gasteiger partial charge in [0.2, 0.25) is 0 Å². The van der Waals surface area contributed by atoms with Crippen molar-refractivity contribution >= 4 is 0 Å². The van der Waals surface area contributed by atoms with Crippen molar-refractivity contribution in [2.24, 2.45) is 17.6 Å². The van der Waals surface area contributed by atoms with E-state index < -0.39 is 0 Å². The highest BCUT2D eigenvalue weighted by Crippen LogP contribution is 2.41. The van der Waals surface area contributed by atoms with Gasteiger partial charge in [-0.05, 0) is 37.6 Å². The first kappa shape index (κ1) is 13.0.